The number of rotatable bonds is 6. The molecule has 37 heavy (non-hydrogen) atoms. The number of hydrogen-bond donors (Lipinski definition) is 1. The molecule has 202 valence electrons. The Hall–Kier alpha value is -2.51. The second-order valence-electron chi connectivity index (χ2n) is 10.4. The fourth-order valence-corrected chi connectivity index (χ4v) is 5.51. The average molecular weight is 534 g/mol. The van der Waals surface area contributed by atoms with Gasteiger partial charge in [0.05, 0.1) is 6.04 Å². The molecule has 2 fully saturated rings. The number of halogens is 3. The fourth-order valence-electron chi connectivity index (χ4n) is 5.33. The van der Waals surface area contributed by atoms with Crippen molar-refractivity contribution in [3.63, 3.8) is 0 Å². The number of benzene rings is 2. The molecule has 4 rings (SSSR count). The lowest BCUT2D eigenvalue weighted by molar-refractivity contribution is -0.120. The summed E-state index contributed by atoms with van der Waals surface area (Å²) < 4.78 is 26.4. The van der Waals surface area contributed by atoms with Crippen LogP contribution < -0.4 is 5.32 Å². The summed E-state index contributed by atoms with van der Waals surface area (Å²) in [5.74, 6) is -0.340. The Balaban J connectivity index is 0.000000213. The standard InChI is InChI=1S/C16H21ClN2O2.C13H17F2N/c1-11(18-12(2)21)16-9-14(17)3-4-15(16)13-5-7-19(10-20)8-6-13;1-9(2)16-6-5-10(8-16)12-4-3-11(14)7-13(12)15/h3-4,9-11,13H,5-8H2,1-2H3,(H,18,21);3-4,7,9-10H,5-6,8H2,1-2H3/t11-;/m1./s1. The van der Waals surface area contributed by atoms with E-state index in [1.165, 1.54) is 18.6 Å². The number of likely N-dealkylation sites (tertiary alicyclic amines) is 2. The number of amides is 2. The SMILES string of the molecule is CC(=O)N[C@H](C)c1cc(Cl)ccc1C1CCN(C=O)CC1.CC(C)N1CCC(c2ccc(F)cc2F)C1. The van der Waals surface area contributed by atoms with Gasteiger partial charge in [-0.1, -0.05) is 23.7 Å². The van der Waals surface area contributed by atoms with Crippen LogP contribution >= 0.6 is 11.6 Å². The summed E-state index contributed by atoms with van der Waals surface area (Å²) in [5, 5.41) is 3.60. The molecule has 0 aromatic heterocycles. The summed E-state index contributed by atoms with van der Waals surface area (Å²) >= 11 is 6.11. The quantitative estimate of drug-likeness (QED) is 0.461. The Morgan fingerprint density at radius 3 is 2.22 bits per heavy atom. The van der Waals surface area contributed by atoms with Crippen LogP contribution in [0, 0.1) is 11.6 Å². The van der Waals surface area contributed by atoms with Crippen LogP contribution in [0.15, 0.2) is 36.4 Å². The molecule has 2 aromatic carbocycles. The number of nitrogens with zero attached hydrogens (tertiary/aromatic N) is 2. The Morgan fingerprint density at radius 2 is 1.65 bits per heavy atom. The molecule has 0 spiro atoms. The first-order valence-corrected chi connectivity index (χ1v) is 13.4. The monoisotopic (exact) mass is 533 g/mol. The number of nitrogens with one attached hydrogen (secondary N) is 1. The Morgan fingerprint density at radius 1 is 1.00 bits per heavy atom. The summed E-state index contributed by atoms with van der Waals surface area (Å²) in [7, 11) is 0. The summed E-state index contributed by atoms with van der Waals surface area (Å²) in [6, 6.07) is 10.2. The average Bonchev–Trinajstić information content (AvgIpc) is 3.34. The van der Waals surface area contributed by atoms with Crippen molar-refractivity contribution in [2.45, 2.75) is 70.9 Å². The maximum absolute atomic E-state index is 13.6. The molecule has 0 aliphatic carbocycles. The number of carbonyl (C=O) groups is 2. The predicted octanol–water partition coefficient (Wildman–Crippen LogP) is 6.04. The zero-order valence-electron chi connectivity index (χ0n) is 22.1. The van der Waals surface area contributed by atoms with Gasteiger partial charge in [0.1, 0.15) is 11.6 Å². The maximum Gasteiger partial charge on any atom is 0.217 e. The van der Waals surface area contributed by atoms with Crippen molar-refractivity contribution in [1.29, 1.82) is 0 Å². The maximum atomic E-state index is 13.6. The molecule has 1 N–H and O–H groups in total. The summed E-state index contributed by atoms with van der Waals surface area (Å²) in [6.45, 7) is 11.2. The van der Waals surface area contributed by atoms with E-state index < -0.39 is 11.6 Å². The lowest BCUT2D eigenvalue weighted by atomic mass is 9.85. The normalized spacial score (nSPS) is 19.4. The van der Waals surface area contributed by atoms with Crippen LogP contribution in [0.5, 0.6) is 0 Å². The molecule has 0 saturated carbocycles. The molecular formula is C29H38ClF2N3O2. The Labute approximate surface area is 224 Å². The molecule has 1 unspecified atom stereocenters. The number of carbonyl (C=O) groups excluding carboxylic acids is 2. The number of piperidine rings is 1. The summed E-state index contributed by atoms with van der Waals surface area (Å²) in [4.78, 5) is 26.2. The molecule has 5 nitrogen and oxygen atoms in total. The van der Waals surface area contributed by atoms with Crippen LogP contribution in [-0.4, -0.2) is 54.3 Å². The van der Waals surface area contributed by atoms with E-state index in [-0.39, 0.29) is 17.9 Å². The van der Waals surface area contributed by atoms with Crippen LogP contribution in [0.1, 0.15) is 81.5 Å². The summed E-state index contributed by atoms with van der Waals surface area (Å²) in [6.07, 6.45) is 3.76. The zero-order valence-corrected chi connectivity index (χ0v) is 22.9. The lowest BCUT2D eigenvalue weighted by Gasteiger charge is -2.31. The third-order valence-electron chi connectivity index (χ3n) is 7.41. The molecule has 0 radical (unpaired) electrons. The molecule has 8 heteroatoms. The third-order valence-corrected chi connectivity index (χ3v) is 7.64. The van der Waals surface area contributed by atoms with E-state index in [1.54, 1.807) is 6.07 Å². The highest BCUT2D eigenvalue weighted by molar-refractivity contribution is 6.30. The van der Waals surface area contributed by atoms with Gasteiger partial charge in [0.15, 0.2) is 0 Å². The van der Waals surface area contributed by atoms with Gasteiger partial charge in [-0.15, -0.1) is 0 Å². The first-order valence-electron chi connectivity index (χ1n) is 13.0. The van der Waals surface area contributed by atoms with E-state index in [4.69, 9.17) is 11.6 Å². The van der Waals surface area contributed by atoms with Crippen LogP contribution in [0.2, 0.25) is 5.02 Å². The van der Waals surface area contributed by atoms with Crippen molar-refractivity contribution in [1.82, 2.24) is 15.1 Å². The number of hydrogen-bond acceptors (Lipinski definition) is 3. The van der Waals surface area contributed by atoms with Gasteiger partial charge in [0, 0.05) is 49.6 Å². The van der Waals surface area contributed by atoms with E-state index in [9.17, 15) is 18.4 Å². The van der Waals surface area contributed by atoms with Gasteiger partial charge in [-0.05, 0) is 87.4 Å². The van der Waals surface area contributed by atoms with E-state index >= 15 is 0 Å². The molecule has 2 atom stereocenters. The van der Waals surface area contributed by atoms with Gasteiger partial charge in [0.2, 0.25) is 12.3 Å². The highest BCUT2D eigenvalue weighted by atomic mass is 35.5. The third kappa shape index (κ3) is 7.99. The van der Waals surface area contributed by atoms with E-state index in [0.29, 0.717) is 22.5 Å². The second-order valence-corrected chi connectivity index (χ2v) is 10.8. The van der Waals surface area contributed by atoms with Crippen LogP contribution in [-0.2, 0) is 9.59 Å². The minimum absolute atomic E-state index is 0.0517. The van der Waals surface area contributed by atoms with Crippen molar-refractivity contribution in [2.75, 3.05) is 26.2 Å². The lowest BCUT2D eigenvalue weighted by Crippen LogP contribution is -2.32. The van der Waals surface area contributed by atoms with E-state index in [2.05, 4.69) is 30.1 Å². The Kier molecular flexibility index (Phi) is 10.5. The van der Waals surface area contributed by atoms with Gasteiger partial charge in [-0.2, -0.15) is 0 Å². The predicted molar refractivity (Wildman–Crippen MR) is 144 cm³/mol. The second kappa shape index (κ2) is 13.3. The molecule has 2 aromatic rings. The summed E-state index contributed by atoms with van der Waals surface area (Å²) in [5.41, 5.74) is 2.96. The molecule has 2 aliphatic heterocycles. The molecule has 0 bridgehead atoms. The molecule has 2 aliphatic rings. The minimum Gasteiger partial charge on any atom is -0.350 e. The van der Waals surface area contributed by atoms with Crippen molar-refractivity contribution >= 4 is 23.9 Å². The smallest absolute Gasteiger partial charge is 0.217 e. The molecular weight excluding hydrogens is 496 g/mol. The van der Waals surface area contributed by atoms with Gasteiger partial charge in [0.25, 0.3) is 0 Å². The van der Waals surface area contributed by atoms with Crippen molar-refractivity contribution in [3.05, 3.63) is 69.7 Å². The van der Waals surface area contributed by atoms with Crippen LogP contribution in [0.25, 0.3) is 0 Å². The van der Waals surface area contributed by atoms with Gasteiger partial charge in [-0.3, -0.25) is 9.59 Å². The minimum atomic E-state index is -0.500. The van der Waals surface area contributed by atoms with Gasteiger partial charge in [-0.25, -0.2) is 8.78 Å². The van der Waals surface area contributed by atoms with Crippen LogP contribution in [0.4, 0.5) is 8.78 Å². The topological polar surface area (TPSA) is 52.7 Å². The first-order chi connectivity index (χ1) is 17.6. The first kappa shape index (κ1) is 29.1. The van der Waals surface area contributed by atoms with Gasteiger partial charge >= 0.3 is 0 Å². The molecule has 2 heterocycles. The fraction of sp³-hybridized carbons (Fsp3) is 0.517. The largest absolute Gasteiger partial charge is 0.350 e. The molecule has 2 amide bonds. The Bertz CT molecular complexity index is 1070. The van der Waals surface area contributed by atoms with Crippen molar-refractivity contribution in [2.24, 2.45) is 0 Å². The van der Waals surface area contributed by atoms with E-state index in [0.717, 1.165) is 63.5 Å². The highest BCUT2D eigenvalue weighted by Gasteiger charge is 2.27. The van der Waals surface area contributed by atoms with Crippen molar-refractivity contribution in [3.8, 4) is 0 Å². The van der Waals surface area contributed by atoms with E-state index in [1.807, 2.05) is 24.0 Å². The highest BCUT2D eigenvalue weighted by Crippen LogP contribution is 2.34. The molecule has 2 saturated heterocycles. The van der Waals surface area contributed by atoms with Crippen molar-refractivity contribution < 1.29 is 18.4 Å². The van der Waals surface area contributed by atoms with Crippen LogP contribution in [0.3, 0.4) is 0 Å². The van der Waals surface area contributed by atoms with Gasteiger partial charge < -0.3 is 15.1 Å². The zero-order chi connectivity index (χ0) is 27.1.